The first-order chi connectivity index (χ1) is 9.40. The number of carbonyl (C=O) groups is 1. The molecule has 0 bridgehead atoms. The maximum atomic E-state index is 12.1. The van der Waals surface area contributed by atoms with E-state index < -0.39 is 15.9 Å². The third-order valence-corrected chi connectivity index (χ3v) is 4.61. The van der Waals surface area contributed by atoms with Crippen LogP contribution in [0.5, 0.6) is 0 Å². The summed E-state index contributed by atoms with van der Waals surface area (Å²) in [5, 5.41) is 0. The average Bonchev–Trinajstić information content (AvgIpc) is 2.89. The van der Waals surface area contributed by atoms with Crippen LogP contribution in [0.3, 0.4) is 0 Å². The standard InChI is InChI=1S/C12H17N3O4S/c13-10-6-8(12(14)16)3-4-11(10)20(17,18)15-7-9-2-1-5-19-9/h3-4,6,9,15H,1-2,5,7,13H2,(H2,14,16). The molecule has 5 N–H and O–H groups in total. The van der Waals surface area contributed by atoms with Gasteiger partial charge in [-0.3, -0.25) is 4.79 Å². The second kappa shape index (κ2) is 5.78. The summed E-state index contributed by atoms with van der Waals surface area (Å²) >= 11 is 0. The van der Waals surface area contributed by atoms with E-state index in [1.807, 2.05) is 0 Å². The summed E-state index contributed by atoms with van der Waals surface area (Å²) in [4.78, 5) is 10.9. The van der Waals surface area contributed by atoms with Crippen molar-refractivity contribution in [1.82, 2.24) is 4.72 Å². The molecule has 8 heteroatoms. The molecule has 0 aromatic heterocycles. The van der Waals surface area contributed by atoms with Gasteiger partial charge >= 0.3 is 0 Å². The molecule has 1 aliphatic heterocycles. The Kier molecular flexibility index (Phi) is 4.26. The van der Waals surface area contributed by atoms with Crippen LogP contribution in [-0.4, -0.2) is 33.6 Å². The number of nitrogens with one attached hydrogen (secondary N) is 1. The summed E-state index contributed by atoms with van der Waals surface area (Å²) in [5.74, 6) is -0.659. The van der Waals surface area contributed by atoms with Crippen LogP contribution in [0.4, 0.5) is 5.69 Å². The molecule has 0 aliphatic carbocycles. The van der Waals surface area contributed by atoms with Crippen LogP contribution in [-0.2, 0) is 14.8 Å². The van der Waals surface area contributed by atoms with Gasteiger partial charge in [-0.25, -0.2) is 13.1 Å². The van der Waals surface area contributed by atoms with Gasteiger partial charge in [0.05, 0.1) is 11.8 Å². The smallest absolute Gasteiger partial charge is 0.248 e. The van der Waals surface area contributed by atoms with E-state index in [9.17, 15) is 13.2 Å². The number of hydrogen-bond donors (Lipinski definition) is 3. The van der Waals surface area contributed by atoms with E-state index in [4.69, 9.17) is 16.2 Å². The van der Waals surface area contributed by atoms with Gasteiger partial charge in [-0.05, 0) is 31.0 Å². The van der Waals surface area contributed by atoms with Crippen molar-refractivity contribution in [3.05, 3.63) is 23.8 Å². The third-order valence-electron chi connectivity index (χ3n) is 3.11. The largest absolute Gasteiger partial charge is 0.398 e. The minimum Gasteiger partial charge on any atom is -0.398 e. The summed E-state index contributed by atoms with van der Waals surface area (Å²) in [7, 11) is -3.73. The van der Waals surface area contributed by atoms with Gasteiger partial charge in [-0.15, -0.1) is 0 Å². The highest BCUT2D eigenvalue weighted by atomic mass is 32.2. The first-order valence-electron chi connectivity index (χ1n) is 6.21. The van der Waals surface area contributed by atoms with E-state index in [2.05, 4.69) is 4.72 Å². The number of rotatable bonds is 5. The van der Waals surface area contributed by atoms with Gasteiger partial charge < -0.3 is 16.2 Å². The van der Waals surface area contributed by atoms with E-state index in [1.54, 1.807) is 0 Å². The second-order valence-corrected chi connectivity index (χ2v) is 6.34. The van der Waals surface area contributed by atoms with Crippen molar-refractivity contribution in [2.24, 2.45) is 5.73 Å². The molecule has 0 spiro atoms. The third kappa shape index (κ3) is 3.27. The lowest BCUT2D eigenvalue weighted by atomic mass is 10.2. The summed E-state index contributed by atoms with van der Waals surface area (Å²) < 4.78 is 32.1. The highest BCUT2D eigenvalue weighted by Gasteiger charge is 2.22. The lowest BCUT2D eigenvalue weighted by Gasteiger charge is -2.13. The molecule has 1 amide bonds. The average molecular weight is 299 g/mol. The van der Waals surface area contributed by atoms with Crippen LogP contribution in [0.15, 0.2) is 23.1 Å². The number of benzene rings is 1. The number of amides is 1. The SMILES string of the molecule is NC(=O)c1ccc(S(=O)(=O)NCC2CCCO2)c(N)c1. The van der Waals surface area contributed by atoms with Crippen molar-refractivity contribution in [3.8, 4) is 0 Å². The number of nitrogens with two attached hydrogens (primary N) is 2. The molecule has 0 saturated carbocycles. The summed E-state index contributed by atoms with van der Waals surface area (Å²) in [6.07, 6.45) is 1.66. The van der Waals surface area contributed by atoms with Crippen molar-refractivity contribution in [2.45, 2.75) is 23.8 Å². The van der Waals surface area contributed by atoms with Crippen LogP contribution >= 0.6 is 0 Å². The molecule has 0 radical (unpaired) electrons. The maximum absolute atomic E-state index is 12.1. The molecule has 1 aromatic rings. The predicted molar refractivity (Wildman–Crippen MR) is 73.5 cm³/mol. The molecule has 20 heavy (non-hydrogen) atoms. The van der Waals surface area contributed by atoms with Gasteiger partial charge in [-0.1, -0.05) is 0 Å². The number of ether oxygens (including phenoxy) is 1. The van der Waals surface area contributed by atoms with Gasteiger partial charge in [0, 0.05) is 18.7 Å². The fourth-order valence-corrected chi connectivity index (χ4v) is 3.21. The van der Waals surface area contributed by atoms with E-state index >= 15 is 0 Å². The summed E-state index contributed by atoms with van der Waals surface area (Å²) in [6, 6.07) is 3.86. The quantitative estimate of drug-likeness (QED) is 0.651. The minimum atomic E-state index is -3.73. The lowest BCUT2D eigenvalue weighted by molar-refractivity contribution is 0.1000. The zero-order chi connectivity index (χ0) is 14.8. The Balaban J connectivity index is 2.14. The van der Waals surface area contributed by atoms with Crippen LogP contribution in [0, 0.1) is 0 Å². The number of carbonyl (C=O) groups excluding carboxylic acids is 1. The van der Waals surface area contributed by atoms with E-state index in [1.165, 1.54) is 18.2 Å². The van der Waals surface area contributed by atoms with Crippen molar-refractivity contribution in [2.75, 3.05) is 18.9 Å². The van der Waals surface area contributed by atoms with E-state index in [0.29, 0.717) is 6.61 Å². The molecule has 1 unspecified atom stereocenters. The lowest BCUT2D eigenvalue weighted by Crippen LogP contribution is -2.32. The maximum Gasteiger partial charge on any atom is 0.248 e. The molecule has 1 saturated heterocycles. The highest BCUT2D eigenvalue weighted by Crippen LogP contribution is 2.20. The summed E-state index contributed by atoms with van der Waals surface area (Å²) in [5.41, 5.74) is 10.9. The molecule has 1 atom stereocenters. The molecule has 110 valence electrons. The molecule has 1 fully saturated rings. The van der Waals surface area contributed by atoms with Crippen LogP contribution in [0.1, 0.15) is 23.2 Å². The van der Waals surface area contributed by atoms with Crippen molar-refractivity contribution >= 4 is 21.6 Å². The molecule has 1 aliphatic rings. The Labute approximate surface area is 117 Å². The zero-order valence-electron chi connectivity index (χ0n) is 10.8. The van der Waals surface area contributed by atoms with E-state index in [-0.39, 0.29) is 28.8 Å². The number of anilines is 1. The zero-order valence-corrected chi connectivity index (χ0v) is 11.7. The Morgan fingerprint density at radius 3 is 2.75 bits per heavy atom. The number of hydrogen-bond acceptors (Lipinski definition) is 5. The fourth-order valence-electron chi connectivity index (χ4n) is 2.03. The highest BCUT2D eigenvalue weighted by molar-refractivity contribution is 7.89. The Morgan fingerprint density at radius 2 is 2.20 bits per heavy atom. The van der Waals surface area contributed by atoms with Gasteiger partial charge in [0.2, 0.25) is 15.9 Å². The molecule has 7 nitrogen and oxygen atoms in total. The minimum absolute atomic E-state index is 0.0128. The summed E-state index contributed by atoms with van der Waals surface area (Å²) in [6.45, 7) is 0.862. The molecular formula is C12H17N3O4S. The van der Waals surface area contributed by atoms with Crippen LogP contribution < -0.4 is 16.2 Å². The predicted octanol–water partition coefficient (Wildman–Crippen LogP) is -0.175. The Bertz CT molecular complexity index is 609. The van der Waals surface area contributed by atoms with Gasteiger partial charge in [0.15, 0.2) is 0 Å². The van der Waals surface area contributed by atoms with Crippen molar-refractivity contribution < 1.29 is 17.9 Å². The topological polar surface area (TPSA) is 125 Å². The van der Waals surface area contributed by atoms with Crippen molar-refractivity contribution in [1.29, 1.82) is 0 Å². The normalized spacial score (nSPS) is 19.1. The monoisotopic (exact) mass is 299 g/mol. The Morgan fingerprint density at radius 1 is 1.45 bits per heavy atom. The van der Waals surface area contributed by atoms with Crippen LogP contribution in [0.2, 0.25) is 0 Å². The number of sulfonamides is 1. The van der Waals surface area contributed by atoms with Crippen molar-refractivity contribution in [3.63, 3.8) is 0 Å². The molecular weight excluding hydrogens is 282 g/mol. The fraction of sp³-hybridized carbons (Fsp3) is 0.417. The van der Waals surface area contributed by atoms with E-state index in [0.717, 1.165) is 12.8 Å². The van der Waals surface area contributed by atoms with Gasteiger partial charge in [0.1, 0.15) is 4.90 Å². The first kappa shape index (κ1) is 14.8. The molecule has 1 aromatic carbocycles. The molecule has 1 heterocycles. The number of primary amides is 1. The van der Waals surface area contributed by atoms with Crippen LogP contribution in [0.25, 0.3) is 0 Å². The molecule has 2 rings (SSSR count). The van der Waals surface area contributed by atoms with Gasteiger partial charge in [-0.2, -0.15) is 0 Å². The van der Waals surface area contributed by atoms with Gasteiger partial charge in [0.25, 0.3) is 0 Å². The Hall–Kier alpha value is -1.64. The first-order valence-corrected chi connectivity index (χ1v) is 7.69. The number of nitrogen functional groups attached to an aromatic ring is 1. The second-order valence-electron chi connectivity index (χ2n) is 4.60.